The van der Waals surface area contributed by atoms with Crippen molar-refractivity contribution in [2.45, 2.75) is 4.33 Å². The Morgan fingerprint density at radius 1 is 0.815 bits per heavy atom. The van der Waals surface area contributed by atoms with Crippen LogP contribution in [-0.2, 0) is 9.47 Å². The Labute approximate surface area is 164 Å². The molecule has 0 saturated heterocycles. The van der Waals surface area contributed by atoms with Crippen LogP contribution in [0.5, 0.6) is 0 Å². The number of benzene rings is 2. The van der Waals surface area contributed by atoms with E-state index in [2.05, 4.69) is 0 Å². The summed E-state index contributed by atoms with van der Waals surface area (Å²) >= 11 is 12.3. The van der Waals surface area contributed by atoms with E-state index in [0.29, 0.717) is 0 Å². The number of carbonyl (C=O) groups is 2. The van der Waals surface area contributed by atoms with Crippen LogP contribution in [0, 0.1) is 23.5 Å². The molecule has 2 aromatic carbocycles. The zero-order valence-corrected chi connectivity index (χ0v) is 15.3. The fourth-order valence-corrected chi connectivity index (χ4v) is 3.39. The molecule has 2 aromatic rings. The van der Waals surface area contributed by atoms with E-state index < -0.39 is 39.7 Å². The first-order chi connectivity index (χ1) is 12.8. The van der Waals surface area contributed by atoms with Crippen molar-refractivity contribution in [3.63, 3.8) is 0 Å². The van der Waals surface area contributed by atoms with Crippen molar-refractivity contribution in [3.05, 3.63) is 71.3 Å². The van der Waals surface area contributed by atoms with E-state index in [1.807, 2.05) is 0 Å². The molecule has 0 aromatic heterocycles. The summed E-state index contributed by atoms with van der Waals surface area (Å²) in [6.07, 6.45) is 0. The topological polar surface area (TPSA) is 52.6 Å². The summed E-state index contributed by atoms with van der Waals surface area (Å²) < 4.78 is 36.0. The van der Waals surface area contributed by atoms with Crippen LogP contribution in [0.2, 0.25) is 0 Å². The molecule has 0 aliphatic heterocycles. The molecule has 0 N–H and O–H groups in total. The van der Waals surface area contributed by atoms with Gasteiger partial charge in [-0.05, 0) is 24.3 Å². The maximum absolute atomic E-state index is 13.6. The Balaban J connectivity index is 1.53. The molecule has 0 spiro atoms. The monoisotopic (exact) mass is 414 g/mol. The zero-order chi connectivity index (χ0) is 19.6. The molecule has 1 fully saturated rings. The van der Waals surface area contributed by atoms with Gasteiger partial charge in [-0.15, -0.1) is 23.2 Å². The van der Waals surface area contributed by atoms with Crippen molar-refractivity contribution >= 4 is 35.1 Å². The Morgan fingerprint density at radius 3 is 1.56 bits per heavy atom. The van der Waals surface area contributed by atoms with E-state index >= 15 is 0 Å². The summed E-state index contributed by atoms with van der Waals surface area (Å²) in [6.45, 7) is -0.329. The first-order valence-corrected chi connectivity index (χ1v) is 8.79. The SMILES string of the molecule is O=C(OCC1C(COC(=O)c2ccccc2F)C1(Cl)Cl)c1ccccc1F. The lowest BCUT2D eigenvalue weighted by atomic mass is 10.2. The minimum absolute atomic E-state index is 0.165. The molecular weight excluding hydrogens is 401 g/mol. The van der Waals surface area contributed by atoms with E-state index in [4.69, 9.17) is 32.7 Å². The van der Waals surface area contributed by atoms with E-state index in [9.17, 15) is 18.4 Å². The normalized spacial score (nSPS) is 20.0. The van der Waals surface area contributed by atoms with Crippen molar-refractivity contribution < 1.29 is 27.8 Å². The van der Waals surface area contributed by atoms with Crippen LogP contribution < -0.4 is 0 Å². The van der Waals surface area contributed by atoms with Gasteiger partial charge in [0.25, 0.3) is 0 Å². The third-order valence-corrected chi connectivity index (χ3v) is 5.46. The highest BCUT2D eigenvalue weighted by atomic mass is 35.5. The summed E-state index contributed by atoms with van der Waals surface area (Å²) in [6, 6.07) is 10.8. The summed E-state index contributed by atoms with van der Waals surface area (Å²) in [7, 11) is 0. The fourth-order valence-electron chi connectivity index (χ4n) is 2.66. The van der Waals surface area contributed by atoms with Gasteiger partial charge in [-0.2, -0.15) is 0 Å². The van der Waals surface area contributed by atoms with E-state index in [1.54, 1.807) is 0 Å². The van der Waals surface area contributed by atoms with Crippen LogP contribution in [0.15, 0.2) is 48.5 Å². The summed E-state index contributed by atoms with van der Waals surface area (Å²) in [5.74, 6) is -4.07. The number of esters is 2. The minimum Gasteiger partial charge on any atom is -0.462 e. The molecule has 0 amide bonds. The molecule has 4 nitrogen and oxygen atoms in total. The zero-order valence-electron chi connectivity index (χ0n) is 13.8. The lowest BCUT2D eigenvalue weighted by Gasteiger charge is -2.06. The van der Waals surface area contributed by atoms with Crippen molar-refractivity contribution in [2.75, 3.05) is 13.2 Å². The molecule has 1 aliphatic carbocycles. The number of hydrogen-bond donors (Lipinski definition) is 0. The highest BCUT2D eigenvalue weighted by molar-refractivity contribution is 6.51. The highest BCUT2D eigenvalue weighted by Crippen LogP contribution is 2.59. The van der Waals surface area contributed by atoms with Crippen LogP contribution in [0.1, 0.15) is 20.7 Å². The van der Waals surface area contributed by atoms with Crippen LogP contribution in [-0.4, -0.2) is 29.5 Å². The predicted molar refractivity (Wildman–Crippen MR) is 94.8 cm³/mol. The van der Waals surface area contributed by atoms with Crippen molar-refractivity contribution in [1.29, 1.82) is 0 Å². The smallest absolute Gasteiger partial charge is 0.341 e. The first kappa shape index (κ1) is 19.6. The van der Waals surface area contributed by atoms with Crippen LogP contribution in [0.3, 0.4) is 0 Å². The molecule has 1 saturated carbocycles. The van der Waals surface area contributed by atoms with Crippen LogP contribution >= 0.6 is 23.2 Å². The lowest BCUT2D eigenvalue weighted by Crippen LogP contribution is -2.12. The lowest BCUT2D eigenvalue weighted by molar-refractivity contribution is 0.0413. The molecular formula is C19H14Cl2F2O4. The van der Waals surface area contributed by atoms with E-state index in [1.165, 1.54) is 36.4 Å². The molecule has 142 valence electrons. The molecule has 3 rings (SSSR count). The van der Waals surface area contributed by atoms with Gasteiger partial charge in [0.1, 0.15) is 16.0 Å². The molecule has 8 heteroatoms. The Bertz CT molecular complexity index is 803. The maximum Gasteiger partial charge on any atom is 0.341 e. The quantitative estimate of drug-likeness (QED) is 0.519. The Kier molecular flexibility index (Phi) is 5.67. The Hall–Kier alpha value is -2.18. The van der Waals surface area contributed by atoms with Crippen LogP contribution in [0.4, 0.5) is 8.78 Å². The van der Waals surface area contributed by atoms with Gasteiger partial charge in [0.05, 0.1) is 24.3 Å². The standard InChI is InChI=1S/C19H14Cl2F2O4/c20-19(21)13(9-26-17(24)11-5-1-3-7-15(11)22)14(19)10-27-18(25)12-6-2-4-8-16(12)23/h1-8,13-14H,9-10H2. The largest absolute Gasteiger partial charge is 0.462 e. The van der Waals surface area contributed by atoms with Gasteiger partial charge >= 0.3 is 11.9 Å². The van der Waals surface area contributed by atoms with Gasteiger partial charge in [-0.1, -0.05) is 24.3 Å². The maximum atomic E-state index is 13.6. The van der Waals surface area contributed by atoms with Crippen LogP contribution in [0.25, 0.3) is 0 Å². The number of hydrogen-bond acceptors (Lipinski definition) is 4. The minimum atomic E-state index is -1.26. The molecule has 0 heterocycles. The third-order valence-electron chi connectivity index (χ3n) is 4.34. The van der Waals surface area contributed by atoms with E-state index in [0.717, 1.165) is 12.1 Å². The summed E-state index contributed by atoms with van der Waals surface area (Å²) in [5.41, 5.74) is -0.397. The van der Waals surface area contributed by atoms with Gasteiger partial charge in [0.2, 0.25) is 0 Å². The van der Waals surface area contributed by atoms with Gasteiger partial charge in [-0.3, -0.25) is 0 Å². The Morgan fingerprint density at radius 2 is 1.19 bits per heavy atom. The first-order valence-electron chi connectivity index (χ1n) is 8.03. The fraction of sp³-hybridized carbons (Fsp3) is 0.263. The molecule has 0 radical (unpaired) electrons. The average Bonchev–Trinajstić information content (AvgIpc) is 3.17. The molecule has 2 atom stereocenters. The van der Waals surface area contributed by atoms with Gasteiger partial charge < -0.3 is 9.47 Å². The van der Waals surface area contributed by atoms with Gasteiger partial charge in [0.15, 0.2) is 0 Å². The summed E-state index contributed by atoms with van der Waals surface area (Å²) in [5, 5.41) is 0. The van der Waals surface area contributed by atoms with Gasteiger partial charge in [-0.25, -0.2) is 18.4 Å². The second-order valence-corrected chi connectivity index (χ2v) is 7.49. The number of halogens is 4. The number of rotatable bonds is 6. The van der Waals surface area contributed by atoms with Crippen molar-refractivity contribution in [2.24, 2.45) is 11.8 Å². The molecule has 27 heavy (non-hydrogen) atoms. The molecule has 1 aliphatic rings. The second kappa shape index (κ2) is 7.82. The average molecular weight is 415 g/mol. The van der Waals surface area contributed by atoms with E-state index in [-0.39, 0.29) is 24.3 Å². The second-order valence-electron chi connectivity index (χ2n) is 6.04. The molecule has 2 unspecified atom stereocenters. The number of carbonyl (C=O) groups excluding carboxylic acids is 2. The summed E-state index contributed by atoms with van der Waals surface area (Å²) in [4.78, 5) is 23.9. The van der Waals surface area contributed by atoms with Gasteiger partial charge in [0, 0.05) is 11.8 Å². The van der Waals surface area contributed by atoms with Crippen molar-refractivity contribution in [3.8, 4) is 0 Å². The molecule has 0 bridgehead atoms. The number of ether oxygens (including phenoxy) is 2. The number of alkyl halides is 2. The predicted octanol–water partition coefficient (Wildman–Crippen LogP) is 4.40. The van der Waals surface area contributed by atoms with Crippen molar-refractivity contribution in [1.82, 2.24) is 0 Å². The highest BCUT2D eigenvalue weighted by Gasteiger charge is 2.64. The third kappa shape index (κ3) is 4.22.